The number of hydrogen-bond acceptors (Lipinski definition) is 2. The largest absolute Gasteiger partial charge is 0.492 e. The van der Waals surface area contributed by atoms with Gasteiger partial charge < -0.3 is 4.74 Å². The molecular formula is C16H20ClFO2. The van der Waals surface area contributed by atoms with Crippen molar-refractivity contribution >= 4 is 17.4 Å². The van der Waals surface area contributed by atoms with E-state index < -0.39 is 5.82 Å². The third-order valence-corrected chi connectivity index (χ3v) is 4.20. The van der Waals surface area contributed by atoms with E-state index in [1.165, 1.54) is 51.2 Å². The third-order valence-electron chi connectivity index (χ3n) is 3.91. The highest BCUT2D eigenvalue weighted by atomic mass is 35.5. The molecule has 1 aromatic rings. The molecule has 0 atom stereocenters. The Hall–Kier alpha value is -1.09. The highest BCUT2D eigenvalue weighted by molar-refractivity contribution is 6.32. The van der Waals surface area contributed by atoms with Crippen molar-refractivity contribution in [3.05, 3.63) is 28.5 Å². The molecule has 1 aliphatic rings. The normalized spacial score (nSPS) is 16.1. The fourth-order valence-electron chi connectivity index (χ4n) is 2.72. The molecule has 0 heterocycles. The summed E-state index contributed by atoms with van der Waals surface area (Å²) < 4.78 is 19.3. The average molecular weight is 299 g/mol. The van der Waals surface area contributed by atoms with Crippen molar-refractivity contribution < 1.29 is 13.9 Å². The Bertz CT molecular complexity index is 482. The first-order valence-electron chi connectivity index (χ1n) is 7.20. The molecule has 1 fully saturated rings. The first-order valence-corrected chi connectivity index (χ1v) is 7.58. The lowest BCUT2D eigenvalue weighted by Crippen LogP contribution is -2.11. The molecule has 1 aromatic carbocycles. The van der Waals surface area contributed by atoms with Crippen LogP contribution in [-0.4, -0.2) is 12.4 Å². The van der Waals surface area contributed by atoms with Gasteiger partial charge in [0.25, 0.3) is 0 Å². The van der Waals surface area contributed by atoms with Crippen LogP contribution in [0.15, 0.2) is 12.1 Å². The van der Waals surface area contributed by atoms with Gasteiger partial charge >= 0.3 is 0 Å². The second kappa shape index (κ2) is 7.07. The zero-order valence-corrected chi connectivity index (χ0v) is 12.5. The molecule has 1 saturated carbocycles. The fourth-order valence-corrected chi connectivity index (χ4v) is 2.94. The van der Waals surface area contributed by atoms with Gasteiger partial charge in [-0.25, -0.2) is 4.39 Å². The number of Topliss-reactive ketones (excluding diaryl/α,β-unsaturated/α-hetero) is 1. The predicted molar refractivity (Wildman–Crippen MR) is 78.1 cm³/mol. The summed E-state index contributed by atoms with van der Waals surface area (Å²) in [6, 6.07) is 2.55. The Balaban J connectivity index is 1.92. The topological polar surface area (TPSA) is 26.3 Å². The molecule has 0 amide bonds. The van der Waals surface area contributed by atoms with Crippen LogP contribution >= 0.6 is 11.6 Å². The van der Waals surface area contributed by atoms with Gasteiger partial charge in [0.1, 0.15) is 11.6 Å². The van der Waals surface area contributed by atoms with Crippen LogP contribution < -0.4 is 4.74 Å². The van der Waals surface area contributed by atoms with Crippen LogP contribution in [0.2, 0.25) is 5.02 Å². The van der Waals surface area contributed by atoms with E-state index in [4.69, 9.17) is 16.3 Å². The molecule has 0 bridgehead atoms. The standard InChI is InChI=1S/C16H20ClFO2/c1-11(19)13-9-14(17)16(10-15(13)18)20-8-7-12-5-3-2-4-6-12/h9-10,12H,2-8H2,1H3. The first kappa shape index (κ1) is 15.3. The van der Waals surface area contributed by atoms with Crippen molar-refractivity contribution in [2.75, 3.05) is 6.61 Å². The minimum absolute atomic E-state index is 0.00892. The average Bonchev–Trinajstić information content (AvgIpc) is 2.43. The molecule has 0 radical (unpaired) electrons. The number of halogens is 2. The number of rotatable bonds is 5. The van der Waals surface area contributed by atoms with Crippen molar-refractivity contribution in [2.45, 2.75) is 45.4 Å². The molecule has 1 aliphatic carbocycles. The molecular weight excluding hydrogens is 279 g/mol. The molecule has 4 heteroatoms. The van der Waals surface area contributed by atoms with E-state index in [0.29, 0.717) is 23.3 Å². The summed E-state index contributed by atoms with van der Waals surface area (Å²) in [5.41, 5.74) is 0.00892. The number of hydrogen-bond donors (Lipinski definition) is 0. The summed E-state index contributed by atoms with van der Waals surface area (Å²) in [7, 11) is 0. The highest BCUT2D eigenvalue weighted by Crippen LogP contribution is 2.30. The van der Waals surface area contributed by atoms with Gasteiger partial charge in [0.2, 0.25) is 0 Å². The van der Waals surface area contributed by atoms with Gasteiger partial charge in [-0.2, -0.15) is 0 Å². The molecule has 0 unspecified atom stereocenters. The van der Waals surface area contributed by atoms with Crippen LogP contribution in [0.25, 0.3) is 0 Å². The second-order valence-electron chi connectivity index (χ2n) is 5.46. The van der Waals surface area contributed by atoms with Crippen molar-refractivity contribution in [3.8, 4) is 5.75 Å². The van der Waals surface area contributed by atoms with Gasteiger partial charge in [-0.15, -0.1) is 0 Å². The minimum atomic E-state index is -0.574. The molecule has 0 aromatic heterocycles. The lowest BCUT2D eigenvalue weighted by Gasteiger charge is -2.21. The maximum absolute atomic E-state index is 13.7. The van der Waals surface area contributed by atoms with Crippen LogP contribution in [0.5, 0.6) is 5.75 Å². The highest BCUT2D eigenvalue weighted by Gasteiger charge is 2.15. The quantitative estimate of drug-likeness (QED) is 0.713. The molecule has 20 heavy (non-hydrogen) atoms. The number of ketones is 1. The number of carbonyl (C=O) groups is 1. The van der Waals surface area contributed by atoms with Gasteiger partial charge in [0, 0.05) is 6.07 Å². The maximum Gasteiger partial charge on any atom is 0.162 e. The molecule has 110 valence electrons. The number of benzene rings is 1. The Labute approximate surface area is 124 Å². The Morgan fingerprint density at radius 2 is 2.05 bits per heavy atom. The summed E-state index contributed by atoms with van der Waals surface area (Å²) in [6.45, 7) is 1.86. The third kappa shape index (κ3) is 3.95. The SMILES string of the molecule is CC(=O)c1cc(Cl)c(OCCC2CCCCC2)cc1F. The number of carbonyl (C=O) groups excluding carboxylic acids is 1. The van der Waals surface area contributed by atoms with Gasteiger partial charge in [-0.05, 0) is 25.3 Å². The van der Waals surface area contributed by atoms with Crippen molar-refractivity contribution in [3.63, 3.8) is 0 Å². The smallest absolute Gasteiger partial charge is 0.162 e. The maximum atomic E-state index is 13.7. The lowest BCUT2D eigenvalue weighted by molar-refractivity contribution is 0.101. The monoisotopic (exact) mass is 298 g/mol. The molecule has 0 aliphatic heterocycles. The van der Waals surface area contributed by atoms with E-state index in [1.54, 1.807) is 0 Å². The summed E-state index contributed by atoms with van der Waals surface area (Å²) >= 11 is 6.02. The van der Waals surface area contributed by atoms with Crippen molar-refractivity contribution in [1.29, 1.82) is 0 Å². The molecule has 0 spiro atoms. The predicted octanol–water partition coefficient (Wildman–Crippen LogP) is 5.03. The van der Waals surface area contributed by atoms with Gasteiger partial charge in [0.15, 0.2) is 5.78 Å². The van der Waals surface area contributed by atoms with E-state index in [9.17, 15) is 9.18 Å². The van der Waals surface area contributed by atoms with E-state index in [1.807, 2.05) is 0 Å². The van der Waals surface area contributed by atoms with Gasteiger partial charge in [0.05, 0.1) is 17.2 Å². The van der Waals surface area contributed by atoms with E-state index in [-0.39, 0.29) is 11.3 Å². The molecule has 2 nitrogen and oxygen atoms in total. The molecule has 0 saturated heterocycles. The first-order chi connectivity index (χ1) is 9.58. The van der Waals surface area contributed by atoms with E-state index in [2.05, 4.69) is 0 Å². The lowest BCUT2D eigenvalue weighted by atomic mass is 9.87. The zero-order valence-electron chi connectivity index (χ0n) is 11.8. The number of ether oxygens (including phenoxy) is 1. The van der Waals surface area contributed by atoms with Gasteiger partial charge in [-0.3, -0.25) is 4.79 Å². The zero-order chi connectivity index (χ0) is 14.5. The van der Waals surface area contributed by atoms with Crippen LogP contribution in [0.4, 0.5) is 4.39 Å². The molecule has 0 N–H and O–H groups in total. The van der Waals surface area contributed by atoms with Crippen LogP contribution in [0.1, 0.15) is 55.8 Å². The fraction of sp³-hybridized carbons (Fsp3) is 0.562. The summed E-state index contributed by atoms with van der Waals surface area (Å²) in [6.07, 6.45) is 7.43. The summed E-state index contributed by atoms with van der Waals surface area (Å²) in [5.74, 6) is 0.126. The van der Waals surface area contributed by atoms with Crippen LogP contribution in [-0.2, 0) is 0 Å². The van der Waals surface area contributed by atoms with Gasteiger partial charge in [-0.1, -0.05) is 43.7 Å². The molecule has 2 rings (SSSR count). The van der Waals surface area contributed by atoms with Crippen LogP contribution in [0, 0.1) is 11.7 Å². The summed E-state index contributed by atoms with van der Waals surface area (Å²) in [4.78, 5) is 11.2. The second-order valence-corrected chi connectivity index (χ2v) is 5.87. The Kier molecular flexibility index (Phi) is 5.41. The Morgan fingerprint density at radius 1 is 1.35 bits per heavy atom. The Morgan fingerprint density at radius 3 is 2.70 bits per heavy atom. The van der Waals surface area contributed by atoms with Crippen LogP contribution in [0.3, 0.4) is 0 Å². The van der Waals surface area contributed by atoms with E-state index >= 15 is 0 Å². The summed E-state index contributed by atoms with van der Waals surface area (Å²) in [5, 5.41) is 0.292. The van der Waals surface area contributed by atoms with Crippen molar-refractivity contribution in [2.24, 2.45) is 5.92 Å². The minimum Gasteiger partial charge on any atom is -0.492 e. The van der Waals surface area contributed by atoms with E-state index in [0.717, 1.165) is 6.42 Å². The van der Waals surface area contributed by atoms with Crippen molar-refractivity contribution in [1.82, 2.24) is 0 Å².